The Hall–Kier alpha value is -2.89. The molecule has 6 nitrogen and oxygen atoms in total. The van der Waals surface area contributed by atoms with Gasteiger partial charge in [0.25, 0.3) is 5.91 Å². The van der Waals surface area contributed by atoms with Crippen molar-refractivity contribution < 1.29 is 14.0 Å². The maximum atomic E-state index is 12.0. The molecule has 0 aliphatic heterocycles. The Bertz CT molecular complexity index is 730. The number of hydrazone groups is 1. The first-order valence-electron chi connectivity index (χ1n) is 7.74. The molecule has 0 spiro atoms. The van der Waals surface area contributed by atoms with Gasteiger partial charge in [0.1, 0.15) is 11.5 Å². The topological polar surface area (TPSA) is 83.7 Å². The average Bonchev–Trinajstić information content (AvgIpc) is 2.92. The van der Waals surface area contributed by atoms with Crippen LogP contribution in [0.3, 0.4) is 0 Å². The van der Waals surface area contributed by atoms with Crippen LogP contribution in [0.1, 0.15) is 42.1 Å². The van der Waals surface area contributed by atoms with Crippen molar-refractivity contribution in [2.75, 3.05) is 5.32 Å². The highest BCUT2D eigenvalue weighted by molar-refractivity contribution is 5.96. The predicted octanol–water partition coefficient (Wildman–Crippen LogP) is 3.34. The lowest BCUT2D eigenvalue weighted by Gasteiger charge is -2.07. The van der Waals surface area contributed by atoms with Crippen LogP contribution < -0.4 is 10.7 Å². The molecule has 2 N–H and O–H groups in total. The first-order chi connectivity index (χ1) is 11.4. The van der Waals surface area contributed by atoms with Gasteiger partial charge in [-0.05, 0) is 49.2 Å². The number of carbonyl (C=O) groups is 2. The number of nitrogens with one attached hydrogen (secondary N) is 2. The number of aryl methyl sites for hydroxylation is 1. The van der Waals surface area contributed by atoms with Crippen LogP contribution in [0.15, 0.2) is 45.9 Å². The largest absolute Gasteiger partial charge is 0.460 e. The highest BCUT2D eigenvalue weighted by Crippen LogP contribution is 2.11. The number of benzene rings is 1. The summed E-state index contributed by atoms with van der Waals surface area (Å²) >= 11 is 0. The summed E-state index contributed by atoms with van der Waals surface area (Å²) in [4.78, 5) is 23.7. The third-order valence-corrected chi connectivity index (χ3v) is 3.14. The molecule has 0 aliphatic carbocycles. The number of amides is 2. The molecule has 2 amide bonds. The molecule has 6 heteroatoms. The SMILES string of the molecule is Cc1ccc(C=NNC(=O)c2ccc(NC(=O)CC(C)C)cc2)o1. The van der Waals surface area contributed by atoms with E-state index in [9.17, 15) is 9.59 Å². The first-order valence-corrected chi connectivity index (χ1v) is 7.74. The van der Waals surface area contributed by atoms with Crippen molar-refractivity contribution in [1.29, 1.82) is 0 Å². The van der Waals surface area contributed by atoms with Gasteiger partial charge < -0.3 is 9.73 Å². The molecule has 1 heterocycles. The fraction of sp³-hybridized carbons (Fsp3) is 0.278. The van der Waals surface area contributed by atoms with E-state index in [4.69, 9.17) is 4.42 Å². The minimum absolute atomic E-state index is 0.0412. The molecule has 126 valence electrons. The van der Waals surface area contributed by atoms with Gasteiger partial charge in [0, 0.05) is 17.7 Å². The van der Waals surface area contributed by atoms with Gasteiger partial charge in [-0.15, -0.1) is 0 Å². The molecule has 1 aromatic carbocycles. The summed E-state index contributed by atoms with van der Waals surface area (Å²) in [7, 11) is 0. The Balaban J connectivity index is 1.89. The van der Waals surface area contributed by atoms with Crippen LogP contribution in [0, 0.1) is 12.8 Å². The van der Waals surface area contributed by atoms with Gasteiger partial charge in [-0.2, -0.15) is 5.10 Å². The van der Waals surface area contributed by atoms with Crippen LogP contribution in [0.5, 0.6) is 0 Å². The highest BCUT2D eigenvalue weighted by atomic mass is 16.3. The first kappa shape index (κ1) is 17.5. The van der Waals surface area contributed by atoms with E-state index in [1.807, 2.05) is 26.8 Å². The molecule has 1 aromatic heterocycles. The van der Waals surface area contributed by atoms with Crippen molar-refractivity contribution in [2.24, 2.45) is 11.0 Å². The van der Waals surface area contributed by atoms with E-state index in [-0.39, 0.29) is 11.8 Å². The molecular weight excluding hydrogens is 306 g/mol. The quantitative estimate of drug-likeness (QED) is 0.630. The minimum Gasteiger partial charge on any atom is -0.460 e. The molecule has 0 bridgehead atoms. The number of hydrogen-bond donors (Lipinski definition) is 2. The minimum atomic E-state index is -0.338. The van der Waals surface area contributed by atoms with Gasteiger partial charge in [0.05, 0.1) is 6.21 Å². The number of furan rings is 1. The second kappa shape index (κ2) is 8.10. The fourth-order valence-corrected chi connectivity index (χ4v) is 2.03. The van der Waals surface area contributed by atoms with Gasteiger partial charge in [-0.25, -0.2) is 5.43 Å². The summed E-state index contributed by atoms with van der Waals surface area (Å²) in [6.45, 7) is 5.80. The molecular formula is C18H21N3O3. The van der Waals surface area contributed by atoms with E-state index in [0.29, 0.717) is 29.3 Å². The van der Waals surface area contributed by atoms with Crippen molar-refractivity contribution in [3.63, 3.8) is 0 Å². The van der Waals surface area contributed by atoms with Crippen molar-refractivity contribution in [3.05, 3.63) is 53.5 Å². The molecule has 0 unspecified atom stereocenters. The average molecular weight is 327 g/mol. The second-order valence-electron chi connectivity index (χ2n) is 5.87. The standard InChI is InChI=1S/C18H21N3O3/c1-12(2)10-17(22)20-15-7-5-14(6-8-15)18(23)21-19-11-16-9-4-13(3)24-16/h4-9,11-12H,10H2,1-3H3,(H,20,22)(H,21,23). The summed E-state index contributed by atoms with van der Waals surface area (Å²) in [5.41, 5.74) is 3.53. The Morgan fingerprint density at radius 2 is 1.88 bits per heavy atom. The Kier molecular flexibility index (Phi) is 5.89. The number of carbonyl (C=O) groups excluding carboxylic acids is 2. The molecule has 0 radical (unpaired) electrons. The number of anilines is 1. The monoisotopic (exact) mass is 327 g/mol. The van der Waals surface area contributed by atoms with Gasteiger partial charge in [-0.3, -0.25) is 9.59 Å². The maximum absolute atomic E-state index is 12.0. The molecule has 0 atom stereocenters. The smallest absolute Gasteiger partial charge is 0.271 e. The molecule has 2 aromatic rings. The molecule has 2 rings (SSSR count). The molecule has 24 heavy (non-hydrogen) atoms. The van der Waals surface area contributed by atoms with Crippen LogP contribution in [0.25, 0.3) is 0 Å². The number of nitrogens with zero attached hydrogens (tertiary/aromatic N) is 1. The lowest BCUT2D eigenvalue weighted by Crippen LogP contribution is -2.18. The van der Waals surface area contributed by atoms with E-state index in [0.717, 1.165) is 5.76 Å². The normalized spacial score (nSPS) is 11.0. The van der Waals surface area contributed by atoms with Gasteiger partial charge >= 0.3 is 0 Å². The lowest BCUT2D eigenvalue weighted by molar-refractivity contribution is -0.116. The molecule has 0 saturated carbocycles. The summed E-state index contributed by atoms with van der Waals surface area (Å²) < 4.78 is 5.31. The van der Waals surface area contributed by atoms with Gasteiger partial charge in [-0.1, -0.05) is 13.8 Å². The maximum Gasteiger partial charge on any atom is 0.271 e. The van der Waals surface area contributed by atoms with E-state index in [1.54, 1.807) is 30.3 Å². The Labute approximate surface area is 140 Å². The van der Waals surface area contributed by atoms with E-state index < -0.39 is 0 Å². The van der Waals surface area contributed by atoms with Crippen molar-refractivity contribution in [1.82, 2.24) is 5.43 Å². The third-order valence-electron chi connectivity index (χ3n) is 3.14. The molecule has 0 saturated heterocycles. The van der Waals surface area contributed by atoms with Crippen LogP contribution in [0.2, 0.25) is 0 Å². The third kappa shape index (κ3) is 5.39. The summed E-state index contributed by atoms with van der Waals surface area (Å²) in [5, 5.41) is 6.64. The summed E-state index contributed by atoms with van der Waals surface area (Å²) in [6.07, 6.45) is 1.90. The van der Waals surface area contributed by atoms with Gasteiger partial charge in [0.2, 0.25) is 5.91 Å². The fourth-order valence-electron chi connectivity index (χ4n) is 2.03. The van der Waals surface area contributed by atoms with E-state index in [1.165, 1.54) is 6.21 Å². The van der Waals surface area contributed by atoms with Crippen molar-refractivity contribution >= 4 is 23.7 Å². The van der Waals surface area contributed by atoms with E-state index in [2.05, 4.69) is 15.8 Å². The highest BCUT2D eigenvalue weighted by Gasteiger charge is 2.07. The van der Waals surface area contributed by atoms with E-state index >= 15 is 0 Å². The van der Waals surface area contributed by atoms with Crippen LogP contribution in [0.4, 0.5) is 5.69 Å². The summed E-state index contributed by atoms with van der Waals surface area (Å²) in [6, 6.07) is 10.2. The van der Waals surface area contributed by atoms with Crippen molar-refractivity contribution in [2.45, 2.75) is 27.2 Å². The van der Waals surface area contributed by atoms with Crippen LogP contribution in [-0.4, -0.2) is 18.0 Å². The summed E-state index contributed by atoms with van der Waals surface area (Å²) in [5.74, 6) is 1.26. The zero-order chi connectivity index (χ0) is 17.5. The Morgan fingerprint density at radius 1 is 1.17 bits per heavy atom. The Morgan fingerprint density at radius 3 is 2.46 bits per heavy atom. The second-order valence-corrected chi connectivity index (χ2v) is 5.87. The van der Waals surface area contributed by atoms with Crippen LogP contribution >= 0.6 is 0 Å². The number of rotatable bonds is 6. The zero-order valence-electron chi connectivity index (χ0n) is 14.0. The predicted molar refractivity (Wildman–Crippen MR) is 93.0 cm³/mol. The number of hydrogen-bond acceptors (Lipinski definition) is 4. The van der Waals surface area contributed by atoms with Crippen LogP contribution in [-0.2, 0) is 4.79 Å². The van der Waals surface area contributed by atoms with Gasteiger partial charge in [0.15, 0.2) is 0 Å². The zero-order valence-corrected chi connectivity index (χ0v) is 14.0. The van der Waals surface area contributed by atoms with Crippen molar-refractivity contribution in [3.8, 4) is 0 Å². The lowest BCUT2D eigenvalue weighted by atomic mass is 10.1. The molecule has 0 aliphatic rings. The molecule has 0 fully saturated rings.